The Morgan fingerprint density at radius 1 is 1.31 bits per heavy atom. The van der Waals surface area contributed by atoms with Crippen LogP contribution in [0.2, 0.25) is 0 Å². The second-order valence-corrected chi connectivity index (χ2v) is 3.63. The molecule has 0 bridgehead atoms. The van der Waals surface area contributed by atoms with Crippen LogP contribution in [-0.4, -0.2) is 4.98 Å². The molecular formula is C15H15N. The van der Waals surface area contributed by atoms with Crippen LogP contribution >= 0.6 is 0 Å². The van der Waals surface area contributed by atoms with Gasteiger partial charge in [-0.05, 0) is 24.6 Å². The molecule has 0 radical (unpaired) electrons. The van der Waals surface area contributed by atoms with Gasteiger partial charge in [-0.2, -0.15) is 0 Å². The lowest BCUT2D eigenvalue weighted by Crippen LogP contribution is -1.79. The first-order valence-corrected chi connectivity index (χ1v) is 5.38. The van der Waals surface area contributed by atoms with Gasteiger partial charge in [-0.3, -0.25) is 0 Å². The SMILES string of the molecule is C=C/C=C(\C=C/C)c1cc2ccccc2[nH]1. The molecule has 0 aliphatic carbocycles. The second-order valence-electron chi connectivity index (χ2n) is 3.63. The Balaban J connectivity index is 2.53. The molecule has 1 aromatic carbocycles. The van der Waals surface area contributed by atoms with Gasteiger partial charge in [-0.25, -0.2) is 0 Å². The number of H-pyrrole nitrogens is 1. The van der Waals surface area contributed by atoms with Gasteiger partial charge in [0, 0.05) is 16.6 Å². The van der Waals surface area contributed by atoms with Gasteiger partial charge in [0.1, 0.15) is 0 Å². The topological polar surface area (TPSA) is 15.8 Å². The van der Waals surface area contributed by atoms with E-state index in [0.717, 1.165) is 16.8 Å². The third-order valence-electron chi connectivity index (χ3n) is 2.48. The number of rotatable bonds is 3. The summed E-state index contributed by atoms with van der Waals surface area (Å²) in [6.07, 6.45) is 7.92. The molecule has 0 aliphatic heterocycles. The van der Waals surface area contributed by atoms with E-state index in [4.69, 9.17) is 0 Å². The normalized spacial score (nSPS) is 12.4. The standard InChI is InChI=1S/C15H15N/c1-3-7-12(8-4-2)15-11-13-9-5-6-10-14(13)16-15/h3-11,16H,1H2,2H3/b8-4-,12-7+. The molecule has 0 saturated heterocycles. The average molecular weight is 209 g/mol. The summed E-state index contributed by atoms with van der Waals surface area (Å²) < 4.78 is 0. The third kappa shape index (κ3) is 1.98. The Hall–Kier alpha value is -2.02. The molecule has 0 unspecified atom stereocenters. The van der Waals surface area contributed by atoms with Crippen molar-refractivity contribution in [2.75, 3.05) is 0 Å². The predicted molar refractivity (Wildman–Crippen MR) is 71.3 cm³/mol. The van der Waals surface area contributed by atoms with E-state index in [2.05, 4.69) is 35.8 Å². The number of aromatic amines is 1. The molecule has 1 heterocycles. The number of aromatic nitrogens is 1. The van der Waals surface area contributed by atoms with Crippen LogP contribution in [0.4, 0.5) is 0 Å². The van der Waals surface area contributed by atoms with E-state index in [1.165, 1.54) is 5.39 Å². The van der Waals surface area contributed by atoms with Crippen LogP contribution in [0.3, 0.4) is 0 Å². The summed E-state index contributed by atoms with van der Waals surface area (Å²) in [7, 11) is 0. The number of allylic oxidation sites excluding steroid dienone is 5. The maximum Gasteiger partial charge on any atom is 0.0464 e. The van der Waals surface area contributed by atoms with Crippen molar-refractivity contribution in [3.05, 3.63) is 66.9 Å². The Morgan fingerprint density at radius 3 is 2.81 bits per heavy atom. The lowest BCUT2D eigenvalue weighted by atomic mass is 10.1. The molecule has 80 valence electrons. The van der Waals surface area contributed by atoms with Crippen molar-refractivity contribution >= 4 is 16.5 Å². The number of hydrogen-bond donors (Lipinski definition) is 1. The zero-order chi connectivity index (χ0) is 11.4. The molecule has 16 heavy (non-hydrogen) atoms. The number of para-hydroxylation sites is 1. The molecule has 1 heteroatoms. The van der Waals surface area contributed by atoms with E-state index in [1.54, 1.807) is 6.08 Å². The maximum atomic E-state index is 3.74. The fraction of sp³-hybridized carbons (Fsp3) is 0.0667. The highest BCUT2D eigenvalue weighted by molar-refractivity contribution is 5.86. The summed E-state index contributed by atoms with van der Waals surface area (Å²) in [5.41, 5.74) is 3.44. The van der Waals surface area contributed by atoms with Crippen LogP contribution in [-0.2, 0) is 0 Å². The van der Waals surface area contributed by atoms with Gasteiger partial charge < -0.3 is 4.98 Å². The maximum absolute atomic E-state index is 3.74. The molecular weight excluding hydrogens is 194 g/mol. The van der Waals surface area contributed by atoms with Crippen molar-refractivity contribution < 1.29 is 0 Å². The van der Waals surface area contributed by atoms with Crippen LogP contribution in [0.1, 0.15) is 12.6 Å². The van der Waals surface area contributed by atoms with Gasteiger partial charge >= 0.3 is 0 Å². The van der Waals surface area contributed by atoms with Gasteiger partial charge in [0.15, 0.2) is 0 Å². The number of hydrogen-bond acceptors (Lipinski definition) is 0. The largest absolute Gasteiger partial charge is 0.355 e. The lowest BCUT2D eigenvalue weighted by Gasteiger charge is -1.96. The summed E-state index contributed by atoms with van der Waals surface area (Å²) in [6, 6.07) is 10.4. The molecule has 1 N–H and O–H groups in total. The molecule has 0 spiro atoms. The number of fused-ring (bicyclic) bond motifs is 1. The molecule has 0 fully saturated rings. The second kappa shape index (κ2) is 4.67. The van der Waals surface area contributed by atoms with Crippen molar-refractivity contribution in [3.8, 4) is 0 Å². The Kier molecular flexibility index (Phi) is 3.06. The zero-order valence-corrected chi connectivity index (χ0v) is 9.40. The molecule has 0 saturated carbocycles. The minimum absolute atomic E-state index is 1.12. The summed E-state index contributed by atoms with van der Waals surface area (Å²) in [6.45, 7) is 5.75. The van der Waals surface area contributed by atoms with Crippen LogP contribution in [0.5, 0.6) is 0 Å². The van der Waals surface area contributed by atoms with Gasteiger partial charge in [0.2, 0.25) is 0 Å². The monoisotopic (exact) mass is 209 g/mol. The summed E-state index contributed by atoms with van der Waals surface area (Å²) in [5.74, 6) is 0. The molecule has 0 amide bonds. The van der Waals surface area contributed by atoms with Gasteiger partial charge in [-0.1, -0.05) is 49.1 Å². The molecule has 2 aromatic rings. The van der Waals surface area contributed by atoms with E-state index in [1.807, 2.05) is 31.2 Å². The van der Waals surface area contributed by atoms with Crippen molar-refractivity contribution in [2.24, 2.45) is 0 Å². The van der Waals surface area contributed by atoms with E-state index >= 15 is 0 Å². The highest BCUT2D eigenvalue weighted by atomic mass is 14.7. The first kappa shape index (κ1) is 10.5. The fourth-order valence-electron chi connectivity index (χ4n) is 1.77. The highest BCUT2D eigenvalue weighted by Crippen LogP contribution is 2.21. The van der Waals surface area contributed by atoms with Crippen molar-refractivity contribution in [1.29, 1.82) is 0 Å². The first-order chi connectivity index (χ1) is 7.85. The van der Waals surface area contributed by atoms with Crippen molar-refractivity contribution in [1.82, 2.24) is 4.98 Å². The van der Waals surface area contributed by atoms with Crippen LogP contribution in [0.25, 0.3) is 16.5 Å². The Labute approximate surface area is 95.8 Å². The predicted octanol–water partition coefficient (Wildman–Crippen LogP) is 4.31. The molecule has 0 aliphatic rings. The van der Waals surface area contributed by atoms with E-state index < -0.39 is 0 Å². The van der Waals surface area contributed by atoms with Gasteiger partial charge in [0.05, 0.1) is 0 Å². The third-order valence-corrected chi connectivity index (χ3v) is 2.48. The number of nitrogens with one attached hydrogen (secondary N) is 1. The van der Waals surface area contributed by atoms with E-state index in [9.17, 15) is 0 Å². The van der Waals surface area contributed by atoms with Crippen molar-refractivity contribution in [3.63, 3.8) is 0 Å². The Morgan fingerprint density at radius 2 is 2.12 bits per heavy atom. The van der Waals surface area contributed by atoms with Crippen LogP contribution < -0.4 is 0 Å². The Bertz CT molecular complexity index is 523. The minimum atomic E-state index is 1.12. The minimum Gasteiger partial charge on any atom is -0.355 e. The summed E-state index contributed by atoms with van der Waals surface area (Å²) in [4.78, 5) is 3.40. The molecule has 1 nitrogen and oxygen atoms in total. The smallest absolute Gasteiger partial charge is 0.0464 e. The zero-order valence-electron chi connectivity index (χ0n) is 9.40. The van der Waals surface area contributed by atoms with Crippen LogP contribution in [0, 0.1) is 0 Å². The molecule has 0 atom stereocenters. The fourth-order valence-corrected chi connectivity index (χ4v) is 1.77. The number of benzene rings is 1. The van der Waals surface area contributed by atoms with Crippen LogP contribution in [0.15, 0.2) is 61.2 Å². The lowest BCUT2D eigenvalue weighted by molar-refractivity contribution is 1.41. The van der Waals surface area contributed by atoms with E-state index in [0.29, 0.717) is 0 Å². The highest BCUT2D eigenvalue weighted by Gasteiger charge is 2.01. The van der Waals surface area contributed by atoms with Gasteiger partial charge in [-0.15, -0.1) is 0 Å². The quantitative estimate of drug-likeness (QED) is 0.725. The first-order valence-electron chi connectivity index (χ1n) is 5.38. The molecule has 2 rings (SSSR count). The molecule has 1 aromatic heterocycles. The van der Waals surface area contributed by atoms with Crippen molar-refractivity contribution in [2.45, 2.75) is 6.92 Å². The van der Waals surface area contributed by atoms with E-state index in [-0.39, 0.29) is 0 Å². The van der Waals surface area contributed by atoms with Gasteiger partial charge in [0.25, 0.3) is 0 Å². The summed E-state index contributed by atoms with van der Waals surface area (Å²) in [5, 5.41) is 1.23. The summed E-state index contributed by atoms with van der Waals surface area (Å²) >= 11 is 0. The average Bonchev–Trinajstić information content (AvgIpc) is 2.72.